The van der Waals surface area contributed by atoms with E-state index in [9.17, 15) is 4.79 Å². The molecule has 6 nitrogen and oxygen atoms in total. The van der Waals surface area contributed by atoms with E-state index < -0.39 is 0 Å². The average Bonchev–Trinajstić information content (AvgIpc) is 3.08. The number of unbranched alkanes of at least 4 members (excludes halogenated alkanes) is 1. The van der Waals surface area contributed by atoms with Crippen LogP contribution < -0.4 is 10.6 Å². The number of ether oxygens (including phenoxy) is 1. The van der Waals surface area contributed by atoms with Crippen molar-refractivity contribution in [2.45, 2.75) is 64.4 Å². The molecule has 6 heteroatoms. The largest absolute Gasteiger partial charge is 0.378 e. The number of nitrogens with zero attached hydrogens (tertiary/aromatic N) is 2. The Labute approximate surface area is 139 Å². The highest BCUT2D eigenvalue weighted by Crippen LogP contribution is 2.23. The zero-order valence-electron chi connectivity index (χ0n) is 14.8. The number of hydrogen-bond donors (Lipinski definition) is 2. The SMILES string of the molecule is Cn1nc(C(C)(C)C)cc1NC(=O)NCCCC[C@H]1CCCO1. The van der Waals surface area contributed by atoms with E-state index in [1.807, 2.05) is 13.1 Å². The van der Waals surface area contributed by atoms with Gasteiger partial charge in [-0.2, -0.15) is 5.10 Å². The van der Waals surface area contributed by atoms with Crippen molar-refractivity contribution in [3.8, 4) is 0 Å². The van der Waals surface area contributed by atoms with E-state index >= 15 is 0 Å². The van der Waals surface area contributed by atoms with Crippen molar-refractivity contribution in [3.63, 3.8) is 0 Å². The standard InChI is InChI=1S/C17H30N4O2/c1-17(2,3)14-12-15(21(4)20-14)19-16(22)18-10-6-5-8-13-9-7-11-23-13/h12-13H,5-11H2,1-4H3,(H2,18,19,22)/t13-/m0/s1. The van der Waals surface area contributed by atoms with Crippen molar-refractivity contribution in [2.75, 3.05) is 18.5 Å². The molecule has 2 amide bonds. The second-order valence-electron chi connectivity index (χ2n) is 7.30. The molecule has 1 fully saturated rings. The summed E-state index contributed by atoms with van der Waals surface area (Å²) in [5.74, 6) is 0.715. The van der Waals surface area contributed by atoms with Crippen LogP contribution in [0.3, 0.4) is 0 Å². The first-order valence-corrected chi connectivity index (χ1v) is 8.57. The summed E-state index contributed by atoms with van der Waals surface area (Å²) < 4.78 is 7.30. The van der Waals surface area contributed by atoms with Crippen LogP contribution in [-0.2, 0) is 17.2 Å². The predicted octanol–water partition coefficient (Wildman–Crippen LogP) is 3.19. The van der Waals surface area contributed by atoms with E-state index in [2.05, 4.69) is 36.5 Å². The van der Waals surface area contributed by atoms with Crippen LogP contribution in [0.2, 0.25) is 0 Å². The molecule has 2 rings (SSSR count). The minimum Gasteiger partial charge on any atom is -0.378 e. The van der Waals surface area contributed by atoms with Gasteiger partial charge >= 0.3 is 6.03 Å². The molecule has 1 saturated heterocycles. The van der Waals surface area contributed by atoms with Gasteiger partial charge in [-0.1, -0.05) is 20.8 Å². The summed E-state index contributed by atoms with van der Waals surface area (Å²) in [5, 5.41) is 10.2. The second-order valence-corrected chi connectivity index (χ2v) is 7.30. The van der Waals surface area contributed by atoms with E-state index in [0.29, 0.717) is 18.5 Å². The normalized spacial score (nSPS) is 18.2. The van der Waals surface area contributed by atoms with Crippen LogP contribution >= 0.6 is 0 Å². The molecule has 0 aromatic carbocycles. The van der Waals surface area contributed by atoms with E-state index in [1.54, 1.807) is 4.68 Å². The van der Waals surface area contributed by atoms with Gasteiger partial charge in [-0.15, -0.1) is 0 Å². The molecule has 2 heterocycles. The second kappa shape index (κ2) is 7.81. The zero-order valence-corrected chi connectivity index (χ0v) is 14.8. The fourth-order valence-electron chi connectivity index (χ4n) is 2.68. The molecular weight excluding hydrogens is 292 g/mol. The van der Waals surface area contributed by atoms with Crippen molar-refractivity contribution in [1.29, 1.82) is 0 Å². The number of carbonyl (C=O) groups excluding carboxylic acids is 1. The molecule has 0 saturated carbocycles. The first-order chi connectivity index (χ1) is 10.9. The van der Waals surface area contributed by atoms with Gasteiger partial charge in [0.25, 0.3) is 0 Å². The highest BCUT2D eigenvalue weighted by molar-refractivity contribution is 5.88. The minimum absolute atomic E-state index is 0.0313. The number of aryl methyl sites for hydroxylation is 1. The topological polar surface area (TPSA) is 68.2 Å². The molecule has 1 atom stereocenters. The van der Waals surface area contributed by atoms with Gasteiger partial charge < -0.3 is 10.1 Å². The third-order valence-electron chi connectivity index (χ3n) is 4.15. The summed E-state index contributed by atoms with van der Waals surface area (Å²) in [5.41, 5.74) is 0.933. The number of rotatable bonds is 6. The van der Waals surface area contributed by atoms with Gasteiger partial charge in [0.2, 0.25) is 0 Å². The number of nitrogens with one attached hydrogen (secondary N) is 2. The number of carbonyl (C=O) groups is 1. The summed E-state index contributed by atoms with van der Waals surface area (Å²) >= 11 is 0. The van der Waals surface area contributed by atoms with E-state index in [0.717, 1.165) is 31.6 Å². The molecule has 1 aromatic rings. The van der Waals surface area contributed by atoms with Gasteiger partial charge in [0.05, 0.1) is 11.8 Å². The summed E-state index contributed by atoms with van der Waals surface area (Å²) in [6, 6.07) is 1.75. The maximum absolute atomic E-state index is 12.0. The molecule has 0 aliphatic carbocycles. The van der Waals surface area contributed by atoms with E-state index in [1.165, 1.54) is 12.8 Å². The molecule has 1 aliphatic heterocycles. The smallest absolute Gasteiger partial charge is 0.320 e. The van der Waals surface area contributed by atoms with E-state index in [4.69, 9.17) is 4.74 Å². The summed E-state index contributed by atoms with van der Waals surface area (Å²) in [7, 11) is 1.84. The third-order valence-corrected chi connectivity index (χ3v) is 4.15. The molecule has 0 unspecified atom stereocenters. The first kappa shape index (κ1) is 17.8. The monoisotopic (exact) mass is 322 g/mol. The maximum atomic E-state index is 12.0. The Hall–Kier alpha value is -1.56. The number of amides is 2. The van der Waals surface area contributed by atoms with Crippen LogP contribution in [0.25, 0.3) is 0 Å². The van der Waals surface area contributed by atoms with Gasteiger partial charge in [0, 0.05) is 31.7 Å². The molecule has 0 bridgehead atoms. The number of urea groups is 1. The number of aromatic nitrogens is 2. The Morgan fingerprint density at radius 1 is 1.43 bits per heavy atom. The molecule has 2 N–H and O–H groups in total. The molecule has 130 valence electrons. The lowest BCUT2D eigenvalue weighted by atomic mass is 9.92. The molecule has 23 heavy (non-hydrogen) atoms. The average molecular weight is 322 g/mol. The quantitative estimate of drug-likeness (QED) is 0.790. The fraction of sp³-hybridized carbons (Fsp3) is 0.765. The highest BCUT2D eigenvalue weighted by atomic mass is 16.5. The molecule has 1 aromatic heterocycles. The van der Waals surface area contributed by atoms with Crippen LogP contribution in [-0.4, -0.2) is 35.1 Å². The van der Waals surface area contributed by atoms with Gasteiger partial charge in [-0.05, 0) is 32.1 Å². The Bertz CT molecular complexity index is 513. The lowest BCUT2D eigenvalue weighted by Crippen LogP contribution is -2.30. The van der Waals surface area contributed by atoms with Gasteiger partial charge in [0.1, 0.15) is 5.82 Å². The van der Waals surface area contributed by atoms with Crippen LogP contribution in [0.15, 0.2) is 6.07 Å². The van der Waals surface area contributed by atoms with Crippen molar-refractivity contribution < 1.29 is 9.53 Å². The van der Waals surface area contributed by atoms with Crippen LogP contribution in [0.5, 0.6) is 0 Å². The maximum Gasteiger partial charge on any atom is 0.320 e. The molecule has 0 spiro atoms. The molecule has 1 aliphatic rings. The van der Waals surface area contributed by atoms with Crippen LogP contribution in [0.1, 0.15) is 58.6 Å². The summed E-state index contributed by atoms with van der Waals surface area (Å²) in [4.78, 5) is 12.0. The first-order valence-electron chi connectivity index (χ1n) is 8.57. The van der Waals surface area contributed by atoms with Crippen LogP contribution in [0, 0.1) is 0 Å². The third kappa shape index (κ3) is 5.53. The Balaban J connectivity index is 1.67. The van der Waals surface area contributed by atoms with Crippen molar-refractivity contribution in [3.05, 3.63) is 11.8 Å². The zero-order chi connectivity index (χ0) is 16.9. The summed E-state index contributed by atoms with van der Waals surface area (Å²) in [6.45, 7) is 7.91. The Kier molecular flexibility index (Phi) is 6.04. The highest BCUT2D eigenvalue weighted by Gasteiger charge is 2.19. The predicted molar refractivity (Wildman–Crippen MR) is 91.8 cm³/mol. The van der Waals surface area contributed by atoms with Gasteiger partial charge in [-0.25, -0.2) is 4.79 Å². The minimum atomic E-state index is -0.175. The lowest BCUT2D eigenvalue weighted by Gasteiger charge is -2.13. The molecule has 0 radical (unpaired) electrons. The number of hydrogen-bond acceptors (Lipinski definition) is 3. The Morgan fingerprint density at radius 2 is 2.22 bits per heavy atom. The van der Waals surface area contributed by atoms with Crippen LogP contribution in [0.4, 0.5) is 10.6 Å². The van der Waals surface area contributed by atoms with Crippen molar-refractivity contribution in [1.82, 2.24) is 15.1 Å². The van der Waals surface area contributed by atoms with Gasteiger partial charge in [0.15, 0.2) is 0 Å². The van der Waals surface area contributed by atoms with Crippen molar-refractivity contribution >= 4 is 11.8 Å². The van der Waals surface area contributed by atoms with E-state index in [-0.39, 0.29) is 11.4 Å². The number of anilines is 1. The lowest BCUT2D eigenvalue weighted by molar-refractivity contribution is 0.102. The summed E-state index contributed by atoms with van der Waals surface area (Å²) in [6.07, 6.45) is 5.97. The Morgan fingerprint density at radius 3 is 2.83 bits per heavy atom. The molecular formula is C17H30N4O2. The van der Waals surface area contributed by atoms with Gasteiger partial charge in [-0.3, -0.25) is 10.00 Å². The van der Waals surface area contributed by atoms with Crippen molar-refractivity contribution in [2.24, 2.45) is 7.05 Å². The fourth-order valence-corrected chi connectivity index (χ4v) is 2.68.